The third-order valence-corrected chi connectivity index (χ3v) is 6.57. The molecule has 0 saturated carbocycles. The number of nitrogens with zero attached hydrogens (tertiary/aromatic N) is 1. The number of rotatable bonds is 17. The van der Waals surface area contributed by atoms with Crippen molar-refractivity contribution in [3.05, 3.63) is 113 Å². The first-order valence-electron chi connectivity index (χ1n) is 14.1. The molecule has 0 N–H and O–H groups in total. The van der Waals surface area contributed by atoms with Crippen molar-refractivity contribution in [2.75, 3.05) is 33.4 Å². The summed E-state index contributed by atoms with van der Waals surface area (Å²) in [7, 11) is 1.38. The summed E-state index contributed by atoms with van der Waals surface area (Å²) >= 11 is 0. The Morgan fingerprint density at radius 3 is 2.33 bits per heavy atom. The molecule has 0 fully saturated rings. The molecule has 0 heterocycles. The van der Waals surface area contributed by atoms with Crippen molar-refractivity contribution < 1.29 is 23.8 Å². The van der Waals surface area contributed by atoms with Crippen LogP contribution in [0.3, 0.4) is 0 Å². The molecule has 0 spiro atoms. The smallest absolute Gasteiger partial charge is 0.337 e. The third-order valence-electron chi connectivity index (χ3n) is 6.57. The zero-order valence-corrected chi connectivity index (χ0v) is 23.7. The Morgan fingerprint density at radius 2 is 1.57 bits per heavy atom. The summed E-state index contributed by atoms with van der Waals surface area (Å²) in [6.45, 7) is 4.86. The fraction of sp³-hybridized carbons (Fsp3) is 0.353. The van der Waals surface area contributed by atoms with E-state index in [9.17, 15) is 9.59 Å². The first-order valence-corrected chi connectivity index (χ1v) is 14.1. The molecular weight excluding hydrogens is 502 g/mol. The lowest BCUT2D eigenvalue weighted by Crippen LogP contribution is -2.26. The van der Waals surface area contributed by atoms with Crippen LogP contribution in [0.15, 0.2) is 91.0 Å². The number of para-hydroxylation sites is 1. The average Bonchev–Trinajstić information content (AvgIpc) is 2.98. The summed E-state index contributed by atoms with van der Waals surface area (Å²) in [6.07, 6.45) is 8.52. The number of esters is 2. The number of hydrogen-bond acceptors (Lipinski definition) is 6. The first kappa shape index (κ1) is 30.6. The Labute approximate surface area is 238 Å². The SMILES string of the molecule is CCOC(=O)/C=C/CN(CCc1ccccc1OCCCCCc1ccccc1)Cc1ccc(C(=O)OC)cc1. The first-order chi connectivity index (χ1) is 19.6. The molecule has 0 aliphatic carbocycles. The Kier molecular flexibility index (Phi) is 13.5. The van der Waals surface area contributed by atoms with E-state index >= 15 is 0 Å². The summed E-state index contributed by atoms with van der Waals surface area (Å²) in [4.78, 5) is 25.8. The molecule has 3 aromatic rings. The number of hydrogen-bond donors (Lipinski definition) is 0. The van der Waals surface area contributed by atoms with Gasteiger partial charge in [0.2, 0.25) is 0 Å². The predicted molar refractivity (Wildman–Crippen MR) is 158 cm³/mol. The molecule has 0 aromatic heterocycles. The van der Waals surface area contributed by atoms with Crippen molar-refractivity contribution >= 4 is 11.9 Å². The van der Waals surface area contributed by atoms with Crippen molar-refractivity contribution in [1.82, 2.24) is 4.90 Å². The average molecular weight is 544 g/mol. The van der Waals surface area contributed by atoms with E-state index in [1.807, 2.05) is 36.4 Å². The van der Waals surface area contributed by atoms with Gasteiger partial charge in [0, 0.05) is 25.7 Å². The van der Waals surface area contributed by atoms with Gasteiger partial charge in [-0.3, -0.25) is 4.90 Å². The minimum absolute atomic E-state index is 0.340. The molecule has 3 aromatic carbocycles. The second-order valence-electron chi connectivity index (χ2n) is 9.58. The molecule has 0 aliphatic rings. The maximum Gasteiger partial charge on any atom is 0.337 e. The molecule has 0 aliphatic heterocycles. The number of benzene rings is 3. The number of methoxy groups -OCH3 is 1. The van der Waals surface area contributed by atoms with E-state index in [-0.39, 0.29) is 11.9 Å². The monoisotopic (exact) mass is 543 g/mol. The molecule has 40 heavy (non-hydrogen) atoms. The van der Waals surface area contributed by atoms with Crippen LogP contribution in [-0.4, -0.2) is 50.3 Å². The number of carbonyl (C=O) groups excluding carboxylic acids is 2. The van der Waals surface area contributed by atoms with E-state index in [0.29, 0.717) is 31.9 Å². The highest BCUT2D eigenvalue weighted by molar-refractivity contribution is 5.89. The van der Waals surface area contributed by atoms with E-state index in [1.54, 1.807) is 19.1 Å². The number of carbonyl (C=O) groups is 2. The second kappa shape index (κ2) is 17.6. The fourth-order valence-corrected chi connectivity index (χ4v) is 4.41. The van der Waals surface area contributed by atoms with Crippen molar-refractivity contribution in [2.45, 2.75) is 45.6 Å². The maximum absolute atomic E-state index is 11.8. The highest BCUT2D eigenvalue weighted by atomic mass is 16.5. The molecule has 0 unspecified atom stereocenters. The van der Waals surface area contributed by atoms with Gasteiger partial charge in [-0.05, 0) is 73.9 Å². The van der Waals surface area contributed by atoms with Crippen molar-refractivity contribution in [1.29, 1.82) is 0 Å². The fourth-order valence-electron chi connectivity index (χ4n) is 4.41. The highest BCUT2D eigenvalue weighted by Gasteiger charge is 2.10. The Balaban J connectivity index is 1.54. The van der Waals surface area contributed by atoms with E-state index in [2.05, 4.69) is 41.3 Å². The van der Waals surface area contributed by atoms with Gasteiger partial charge in [-0.15, -0.1) is 0 Å². The highest BCUT2D eigenvalue weighted by Crippen LogP contribution is 2.20. The molecule has 3 rings (SSSR count). The van der Waals surface area contributed by atoms with E-state index < -0.39 is 0 Å². The summed E-state index contributed by atoms with van der Waals surface area (Å²) in [6, 6.07) is 26.2. The third kappa shape index (κ3) is 11.1. The minimum atomic E-state index is -0.353. The zero-order chi connectivity index (χ0) is 28.4. The largest absolute Gasteiger partial charge is 0.493 e. The molecule has 0 saturated heterocycles. The topological polar surface area (TPSA) is 65.1 Å². The normalized spacial score (nSPS) is 11.1. The molecule has 0 amide bonds. The standard InChI is InChI=1S/C34H41NO5/c1-3-39-33(36)18-12-24-35(27-29-19-21-31(22-20-29)34(37)38-2)25-23-30-16-9-10-17-32(30)40-26-11-5-8-15-28-13-6-4-7-14-28/h4,6-7,9-10,12-14,16-22H,3,5,8,11,15,23-27H2,1-2H3/b18-12+. The lowest BCUT2D eigenvalue weighted by Gasteiger charge is -2.22. The maximum atomic E-state index is 11.8. The van der Waals surface area contributed by atoms with Crippen molar-refractivity contribution in [3.63, 3.8) is 0 Å². The van der Waals surface area contributed by atoms with Crippen LogP contribution >= 0.6 is 0 Å². The molecule has 0 atom stereocenters. The molecular formula is C34H41NO5. The zero-order valence-electron chi connectivity index (χ0n) is 23.7. The van der Waals surface area contributed by atoms with E-state index in [0.717, 1.165) is 55.5 Å². The summed E-state index contributed by atoms with van der Waals surface area (Å²) in [5, 5.41) is 0. The van der Waals surface area contributed by atoms with Gasteiger partial charge in [-0.1, -0.05) is 66.7 Å². The Bertz CT molecular complexity index is 1190. The van der Waals surface area contributed by atoms with Gasteiger partial charge in [0.05, 0.1) is 25.9 Å². The van der Waals surface area contributed by atoms with Gasteiger partial charge < -0.3 is 14.2 Å². The number of unbranched alkanes of at least 4 members (excludes halogenated alkanes) is 2. The van der Waals surface area contributed by atoms with Crippen LogP contribution in [0.25, 0.3) is 0 Å². The lowest BCUT2D eigenvalue weighted by molar-refractivity contribution is -0.137. The van der Waals surface area contributed by atoms with Crippen molar-refractivity contribution in [2.24, 2.45) is 0 Å². The number of ether oxygens (including phenoxy) is 3. The van der Waals surface area contributed by atoms with Crippen LogP contribution in [0.2, 0.25) is 0 Å². The van der Waals surface area contributed by atoms with Gasteiger partial charge in [0.25, 0.3) is 0 Å². The molecule has 212 valence electrons. The Morgan fingerprint density at radius 1 is 0.825 bits per heavy atom. The molecule has 0 radical (unpaired) electrons. The Hall–Kier alpha value is -3.90. The van der Waals surface area contributed by atoms with Gasteiger partial charge >= 0.3 is 11.9 Å². The number of aryl methyl sites for hydroxylation is 1. The van der Waals surface area contributed by atoms with Crippen LogP contribution in [0.1, 0.15) is 53.2 Å². The van der Waals surface area contributed by atoms with Gasteiger partial charge in [0.1, 0.15) is 5.75 Å². The predicted octanol–water partition coefficient (Wildman–Crippen LogP) is 6.43. The summed E-state index contributed by atoms with van der Waals surface area (Å²) < 4.78 is 16.0. The summed E-state index contributed by atoms with van der Waals surface area (Å²) in [5.41, 5.74) is 4.13. The van der Waals surface area contributed by atoms with Gasteiger partial charge in [0.15, 0.2) is 0 Å². The minimum Gasteiger partial charge on any atom is -0.493 e. The van der Waals surface area contributed by atoms with Crippen LogP contribution in [0, 0.1) is 0 Å². The quantitative estimate of drug-likeness (QED) is 0.111. The lowest BCUT2D eigenvalue weighted by atomic mass is 10.1. The van der Waals surface area contributed by atoms with Crippen LogP contribution < -0.4 is 4.74 Å². The van der Waals surface area contributed by atoms with Crippen LogP contribution in [0.5, 0.6) is 5.75 Å². The molecule has 0 bridgehead atoms. The van der Waals surface area contributed by atoms with Crippen LogP contribution in [-0.2, 0) is 33.7 Å². The molecule has 6 nitrogen and oxygen atoms in total. The van der Waals surface area contributed by atoms with Crippen LogP contribution in [0.4, 0.5) is 0 Å². The van der Waals surface area contributed by atoms with Gasteiger partial charge in [-0.25, -0.2) is 9.59 Å². The van der Waals surface area contributed by atoms with E-state index in [1.165, 1.54) is 18.7 Å². The van der Waals surface area contributed by atoms with Gasteiger partial charge in [-0.2, -0.15) is 0 Å². The van der Waals surface area contributed by atoms with Crippen molar-refractivity contribution in [3.8, 4) is 5.75 Å². The molecule has 6 heteroatoms. The summed E-state index contributed by atoms with van der Waals surface area (Å²) in [5.74, 6) is 0.232. The second-order valence-corrected chi connectivity index (χ2v) is 9.58. The van der Waals surface area contributed by atoms with E-state index in [4.69, 9.17) is 14.2 Å².